The third kappa shape index (κ3) is 3.39. The SMILES string of the molecule is N[C@@H](Cc1cnc[nH]1)C(=O)NCCS. The summed E-state index contributed by atoms with van der Waals surface area (Å²) in [7, 11) is 0. The van der Waals surface area contributed by atoms with Crippen LogP contribution in [-0.4, -0.2) is 34.2 Å². The highest BCUT2D eigenvalue weighted by molar-refractivity contribution is 7.80. The molecule has 1 aromatic heterocycles. The summed E-state index contributed by atoms with van der Waals surface area (Å²) in [6.45, 7) is 0.540. The van der Waals surface area contributed by atoms with Gasteiger partial charge in [0.05, 0.1) is 12.4 Å². The lowest BCUT2D eigenvalue weighted by Crippen LogP contribution is -2.42. The first-order valence-corrected chi connectivity index (χ1v) is 4.98. The monoisotopic (exact) mass is 214 g/mol. The van der Waals surface area contributed by atoms with Gasteiger partial charge in [0, 0.05) is 30.6 Å². The highest BCUT2D eigenvalue weighted by Crippen LogP contribution is 1.95. The van der Waals surface area contributed by atoms with Crippen molar-refractivity contribution in [1.82, 2.24) is 15.3 Å². The van der Waals surface area contributed by atoms with Gasteiger partial charge >= 0.3 is 0 Å². The summed E-state index contributed by atoms with van der Waals surface area (Å²) >= 11 is 3.98. The molecule has 0 spiro atoms. The van der Waals surface area contributed by atoms with Crippen LogP contribution in [-0.2, 0) is 11.2 Å². The number of H-pyrrole nitrogens is 1. The number of hydrogen-bond acceptors (Lipinski definition) is 4. The molecule has 1 heterocycles. The molecule has 0 aliphatic carbocycles. The molecule has 5 nitrogen and oxygen atoms in total. The molecule has 14 heavy (non-hydrogen) atoms. The third-order valence-corrected chi connectivity index (χ3v) is 1.97. The zero-order chi connectivity index (χ0) is 10.4. The molecule has 1 aromatic rings. The van der Waals surface area contributed by atoms with Crippen molar-refractivity contribution in [2.75, 3.05) is 12.3 Å². The molecule has 1 rings (SSSR count). The van der Waals surface area contributed by atoms with Crippen molar-refractivity contribution in [3.05, 3.63) is 18.2 Å². The van der Waals surface area contributed by atoms with Crippen molar-refractivity contribution in [2.45, 2.75) is 12.5 Å². The van der Waals surface area contributed by atoms with Crippen LogP contribution in [0.25, 0.3) is 0 Å². The second-order valence-corrected chi connectivity index (χ2v) is 3.35. The Kier molecular flexibility index (Phi) is 4.48. The molecule has 0 saturated carbocycles. The van der Waals surface area contributed by atoms with Gasteiger partial charge in [-0.3, -0.25) is 4.79 Å². The smallest absolute Gasteiger partial charge is 0.237 e. The van der Waals surface area contributed by atoms with Crippen molar-refractivity contribution in [1.29, 1.82) is 0 Å². The molecule has 1 amide bonds. The van der Waals surface area contributed by atoms with Crippen molar-refractivity contribution in [3.63, 3.8) is 0 Å². The number of nitrogens with zero attached hydrogens (tertiary/aromatic N) is 1. The van der Waals surface area contributed by atoms with Gasteiger partial charge in [-0.05, 0) is 0 Å². The molecule has 6 heteroatoms. The topological polar surface area (TPSA) is 83.8 Å². The Hall–Kier alpha value is -1.01. The minimum atomic E-state index is -0.532. The maximum absolute atomic E-state index is 11.3. The lowest BCUT2D eigenvalue weighted by atomic mass is 10.1. The molecule has 78 valence electrons. The summed E-state index contributed by atoms with van der Waals surface area (Å²) < 4.78 is 0. The molecular weight excluding hydrogens is 200 g/mol. The van der Waals surface area contributed by atoms with E-state index in [0.29, 0.717) is 18.7 Å². The molecular formula is C8H14N4OS. The summed E-state index contributed by atoms with van der Waals surface area (Å²) in [6.07, 6.45) is 3.69. The van der Waals surface area contributed by atoms with E-state index in [9.17, 15) is 4.79 Å². The first-order chi connectivity index (χ1) is 6.74. The maximum Gasteiger partial charge on any atom is 0.237 e. The van der Waals surface area contributed by atoms with E-state index in [-0.39, 0.29) is 5.91 Å². The van der Waals surface area contributed by atoms with Gasteiger partial charge in [-0.25, -0.2) is 4.98 Å². The molecule has 0 saturated heterocycles. The van der Waals surface area contributed by atoms with Crippen LogP contribution in [0, 0.1) is 0 Å². The zero-order valence-electron chi connectivity index (χ0n) is 7.73. The van der Waals surface area contributed by atoms with Gasteiger partial charge in [0.2, 0.25) is 5.91 Å². The van der Waals surface area contributed by atoms with Crippen LogP contribution in [0.3, 0.4) is 0 Å². The molecule has 0 aliphatic heterocycles. The highest BCUT2D eigenvalue weighted by Gasteiger charge is 2.13. The van der Waals surface area contributed by atoms with Crippen LogP contribution in [0.4, 0.5) is 0 Å². The number of carbonyl (C=O) groups excluding carboxylic acids is 1. The Balaban J connectivity index is 2.34. The van der Waals surface area contributed by atoms with E-state index in [1.165, 1.54) is 0 Å². The summed E-state index contributed by atoms with van der Waals surface area (Å²) in [5, 5.41) is 2.67. The number of aromatic nitrogens is 2. The molecule has 0 radical (unpaired) electrons. The van der Waals surface area contributed by atoms with Crippen LogP contribution in [0.15, 0.2) is 12.5 Å². The Bertz CT molecular complexity index is 275. The number of carbonyl (C=O) groups is 1. The van der Waals surface area contributed by atoms with Gasteiger partial charge < -0.3 is 16.0 Å². The number of rotatable bonds is 5. The number of aromatic amines is 1. The summed E-state index contributed by atoms with van der Waals surface area (Å²) in [5.74, 6) is 0.455. The Morgan fingerprint density at radius 2 is 2.57 bits per heavy atom. The number of nitrogens with two attached hydrogens (primary N) is 1. The van der Waals surface area contributed by atoms with E-state index in [1.54, 1.807) is 12.5 Å². The van der Waals surface area contributed by atoms with Crippen LogP contribution in [0.2, 0.25) is 0 Å². The number of amides is 1. The fraction of sp³-hybridized carbons (Fsp3) is 0.500. The summed E-state index contributed by atoms with van der Waals surface area (Å²) in [6, 6.07) is -0.532. The van der Waals surface area contributed by atoms with E-state index in [4.69, 9.17) is 5.73 Å². The second-order valence-electron chi connectivity index (χ2n) is 2.90. The van der Waals surface area contributed by atoms with E-state index >= 15 is 0 Å². The van der Waals surface area contributed by atoms with E-state index < -0.39 is 6.04 Å². The molecule has 1 atom stereocenters. The first kappa shape index (κ1) is 11.1. The predicted molar refractivity (Wildman–Crippen MR) is 57.1 cm³/mol. The van der Waals surface area contributed by atoms with Crippen LogP contribution in [0.5, 0.6) is 0 Å². The average molecular weight is 214 g/mol. The standard InChI is InChI=1S/C8H14N4OS/c9-7(8(13)11-1-2-14)3-6-4-10-5-12-6/h4-5,7,14H,1-3,9H2,(H,10,12)(H,11,13)/t7-/m0/s1. The number of thiol groups is 1. The molecule has 4 N–H and O–H groups in total. The number of imidazole rings is 1. The van der Waals surface area contributed by atoms with Crippen molar-refractivity contribution in [2.24, 2.45) is 5.73 Å². The normalized spacial score (nSPS) is 12.4. The number of nitrogens with one attached hydrogen (secondary N) is 2. The fourth-order valence-corrected chi connectivity index (χ4v) is 1.15. The van der Waals surface area contributed by atoms with Gasteiger partial charge in [0.1, 0.15) is 0 Å². The quantitative estimate of drug-likeness (QED) is 0.490. The maximum atomic E-state index is 11.3. The van der Waals surface area contributed by atoms with Gasteiger partial charge in [-0.1, -0.05) is 0 Å². The second kappa shape index (κ2) is 5.66. The van der Waals surface area contributed by atoms with Gasteiger partial charge in [-0.2, -0.15) is 12.6 Å². The van der Waals surface area contributed by atoms with Gasteiger partial charge in [0.15, 0.2) is 0 Å². The van der Waals surface area contributed by atoms with Crippen LogP contribution < -0.4 is 11.1 Å². The van der Waals surface area contributed by atoms with Crippen LogP contribution >= 0.6 is 12.6 Å². The lowest BCUT2D eigenvalue weighted by Gasteiger charge is -2.09. The minimum absolute atomic E-state index is 0.159. The van der Waals surface area contributed by atoms with Gasteiger partial charge in [-0.15, -0.1) is 0 Å². The van der Waals surface area contributed by atoms with Crippen molar-refractivity contribution < 1.29 is 4.79 Å². The van der Waals surface area contributed by atoms with E-state index in [1.807, 2.05) is 0 Å². The van der Waals surface area contributed by atoms with E-state index in [2.05, 4.69) is 27.9 Å². The zero-order valence-corrected chi connectivity index (χ0v) is 8.63. The highest BCUT2D eigenvalue weighted by atomic mass is 32.1. The van der Waals surface area contributed by atoms with Gasteiger partial charge in [0.25, 0.3) is 0 Å². The van der Waals surface area contributed by atoms with Crippen LogP contribution in [0.1, 0.15) is 5.69 Å². The largest absolute Gasteiger partial charge is 0.354 e. The molecule has 0 unspecified atom stereocenters. The molecule has 0 aromatic carbocycles. The van der Waals surface area contributed by atoms with Crippen molar-refractivity contribution in [3.8, 4) is 0 Å². The van der Waals surface area contributed by atoms with E-state index in [0.717, 1.165) is 5.69 Å². The minimum Gasteiger partial charge on any atom is -0.354 e. The third-order valence-electron chi connectivity index (χ3n) is 1.74. The molecule has 0 bridgehead atoms. The molecule has 0 fully saturated rings. The van der Waals surface area contributed by atoms with Crippen molar-refractivity contribution >= 4 is 18.5 Å². The lowest BCUT2D eigenvalue weighted by molar-refractivity contribution is -0.122. The number of hydrogen-bond donors (Lipinski definition) is 4. The summed E-state index contributed by atoms with van der Waals surface area (Å²) in [5.41, 5.74) is 6.52. The fourth-order valence-electron chi connectivity index (χ4n) is 1.04. The Morgan fingerprint density at radius 3 is 3.14 bits per heavy atom. The Morgan fingerprint density at radius 1 is 1.79 bits per heavy atom. The Labute approximate surface area is 87.9 Å². The summed E-state index contributed by atoms with van der Waals surface area (Å²) in [4.78, 5) is 18.1. The first-order valence-electron chi connectivity index (χ1n) is 4.35. The predicted octanol–water partition coefficient (Wildman–Crippen LogP) is -0.675. The molecule has 0 aliphatic rings. The average Bonchev–Trinajstić information content (AvgIpc) is 2.66.